The Balaban J connectivity index is 2.57. The standard InChI is InChI=1S/C12H13F3O/c1-7-5-9(12(13,14)15)6-10(8(7)2)11(16)3-4-11/h5-6,16H,3-4H2,1-2H3. The van der Waals surface area contributed by atoms with E-state index in [-0.39, 0.29) is 0 Å². The Hall–Kier alpha value is -1.03. The van der Waals surface area contributed by atoms with Gasteiger partial charge in [-0.05, 0) is 55.5 Å². The molecule has 0 aliphatic heterocycles. The van der Waals surface area contributed by atoms with Gasteiger partial charge in [0.1, 0.15) is 0 Å². The van der Waals surface area contributed by atoms with Crippen LogP contribution in [0.4, 0.5) is 13.2 Å². The van der Waals surface area contributed by atoms with E-state index in [1.165, 1.54) is 0 Å². The largest absolute Gasteiger partial charge is 0.416 e. The van der Waals surface area contributed by atoms with E-state index in [1.807, 2.05) is 0 Å². The predicted molar refractivity (Wildman–Crippen MR) is 54.0 cm³/mol. The molecule has 0 spiro atoms. The highest BCUT2D eigenvalue weighted by molar-refractivity contribution is 5.44. The molecule has 4 heteroatoms. The van der Waals surface area contributed by atoms with Crippen molar-refractivity contribution in [2.24, 2.45) is 0 Å². The second-order valence-corrected chi connectivity index (χ2v) is 4.50. The summed E-state index contributed by atoms with van der Waals surface area (Å²) in [4.78, 5) is 0. The number of rotatable bonds is 1. The zero-order valence-corrected chi connectivity index (χ0v) is 9.15. The maximum Gasteiger partial charge on any atom is 0.416 e. The summed E-state index contributed by atoms with van der Waals surface area (Å²) in [5, 5.41) is 9.93. The molecule has 0 radical (unpaired) electrons. The molecule has 0 amide bonds. The third kappa shape index (κ3) is 1.82. The highest BCUT2D eigenvalue weighted by Crippen LogP contribution is 2.48. The quantitative estimate of drug-likeness (QED) is 0.784. The second-order valence-electron chi connectivity index (χ2n) is 4.50. The van der Waals surface area contributed by atoms with Gasteiger partial charge in [-0.2, -0.15) is 13.2 Å². The normalized spacial score (nSPS) is 18.6. The first kappa shape index (κ1) is 11.5. The van der Waals surface area contributed by atoms with E-state index in [4.69, 9.17) is 0 Å². The van der Waals surface area contributed by atoms with Crippen molar-refractivity contribution in [1.82, 2.24) is 0 Å². The average Bonchev–Trinajstić information content (AvgIpc) is 2.87. The average molecular weight is 230 g/mol. The molecule has 0 bridgehead atoms. The van der Waals surface area contributed by atoms with Crippen LogP contribution in [0.3, 0.4) is 0 Å². The lowest BCUT2D eigenvalue weighted by atomic mass is 9.94. The molecule has 0 unspecified atom stereocenters. The van der Waals surface area contributed by atoms with Crippen molar-refractivity contribution in [2.75, 3.05) is 0 Å². The third-order valence-corrected chi connectivity index (χ3v) is 3.22. The first-order chi connectivity index (χ1) is 7.24. The molecule has 0 aromatic heterocycles. The number of aryl methyl sites for hydroxylation is 1. The zero-order valence-electron chi connectivity index (χ0n) is 9.15. The smallest absolute Gasteiger partial charge is 0.385 e. The van der Waals surface area contributed by atoms with Crippen LogP contribution in [0.25, 0.3) is 0 Å². The molecule has 1 aromatic carbocycles. The molecule has 88 valence electrons. The zero-order chi connectivity index (χ0) is 12.1. The minimum absolute atomic E-state index is 0.430. The first-order valence-electron chi connectivity index (χ1n) is 5.15. The van der Waals surface area contributed by atoms with E-state index in [9.17, 15) is 18.3 Å². The van der Waals surface area contributed by atoms with Crippen molar-refractivity contribution in [3.05, 3.63) is 34.4 Å². The number of aliphatic hydroxyl groups is 1. The molecule has 0 saturated heterocycles. The molecule has 1 aliphatic rings. The van der Waals surface area contributed by atoms with Gasteiger partial charge in [0.25, 0.3) is 0 Å². The summed E-state index contributed by atoms with van der Waals surface area (Å²) in [6.45, 7) is 3.39. The molecule has 1 N–H and O–H groups in total. The highest BCUT2D eigenvalue weighted by Gasteiger charge is 2.44. The molecular weight excluding hydrogens is 217 g/mol. The van der Waals surface area contributed by atoms with E-state index in [0.717, 1.165) is 17.7 Å². The lowest BCUT2D eigenvalue weighted by Gasteiger charge is -2.17. The van der Waals surface area contributed by atoms with Gasteiger partial charge in [0.05, 0.1) is 11.2 Å². The molecule has 1 aliphatic carbocycles. The van der Waals surface area contributed by atoms with Gasteiger partial charge in [-0.3, -0.25) is 0 Å². The summed E-state index contributed by atoms with van der Waals surface area (Å²) in [6.07, 6.45) is -3.25. The van der Waals surface area contributed by atoms with E-state index >= 15 is 0 Å². The van der Waals surface area contributed by atoms with Gasteiger partial charge in [-0.25, -0.2) is 0 Å². The monoisotopic (exact) mass is 230 g/mol. The predicted octanol–water partition coefficient (Wildman–Crippen LogP) is 3.30. The maximum atomic E-state index is 12.6. The minimum atomic E-state index is -4.35. The van der Waals surface area contributed by atoms with Crippen LogP contribution in [-0.2, 0) is 11.8 Å². The summed E-state index contributed by atoms with van der Waals surface area (Å²) in [5.74, 6) is 0. The number of hydrogen-bond acceptors (Lipinski definition) is 1. The Morgan fingerprint density at radius 1 is 1.19 bits per heavy atom. The Morgan fingerprint density at radius 3 is 2.19 bits per heavy atom. The van der Waals surface area contributed by atoms with Gasteiger partial charge in [0.15, 0.2) is 0 Å². The Morgan fingerprint density at radius 2 is 1.75 bits per heavy atom. The first-order valence-corrected chi connectivity index (χ1v) is 5.15. The van der Waals surface area contributed by atoms with Gasteiger partial charge in [-0.1, -0.05) is 0 Å². The van der Waals surface area contributed by atoms with Crippen molar-refractivity contribution in [2.45, 2.75) is 38.5 Å². The van der Waals surface area contributed by atoms with Crippen LogP contribution < -0.4 is 0 Å². The number of hydrogen-bond donors (Lipinski definition) is 1. The van der Waals surface area contributed by atoms with Gasteiger partial charge in [0.2, 0.25) is 0 Å². The Bertz CT molecular complexity index is 431. The molecule has 16 heavy (non-hydrogen) atoms. The van der Waals surface area contributed by atoms with Crippen molar-refractivity contribution in [3.63, 3.8) is 0 Å². The van der Waals surface area contributed by atoms with E-state index in [1.54, 1.807) is 13.8 Å². The fraction of sp³-hybridized carbons (Fsp3) is 0.500. The lowest BCUT2D eigenvalue weighted by Crippen LogP contribution is -2.13. The molecule has 2 rings (SSSR count). The second kappa shape index (κ2) is 3.23. The minimum Gasteiger partial charge on any atom is -0.385 e. The molecule has 0 atom stereocenters. The molecule has 1 saturated carbocycles. The number of halogens is 3. The van der Waals surface area contributed by atoms with Crippen molar-refractivity contribution in [1.29, 1.82) is 0 Å². The SMILES string of the molecule is Cc1cc(C(F)(F)F)cc(C2(O)CC2)c1C. The fourth-order valence-electron chi connectivity index (χ4n) is 1.89. The Labute approximate surface area is 91.9 Å². The van der Waals surface area contributed by atoms with Crippen LogP contribution in [0.15, 0.2) is 12.1 Å². The summed E-state index contributed by atoms with van der Waals surface area (Å²) < 4.78 is 37.8. The van der Waals surface area contributed by atoms with E-state index < -0.39 is 17.3 Å². The van der Waals surface area contributed by atoms with Crippen LogP contribution in [0, 0.1) is 13.8 Å². The van der Waals surface area contributed by atoms with E-state index in [0.29, 0.717) is 24.0 Å². The van der Waals surface area contributed by atoms with Crippen LogP contribution in [0.2, 0.25) is 0 Å². The molecule has 0 heterocycles. The summed E-state index contributed by atoms with van der Waals surface area (Å²) >= 11 is 0. The van der Waals surface area contributed by atoms with Crippen LogP contribution >= 0.6 is 0 Å². The van der Waals surface area contributed by atoms with Crippen molar-refractivity contribution >= 4 is 0 Å². The van der Waals surface area contributed by atoms with Gasteiger partial charge in [-0.15, -0.1) is 0 Å². The lowest BCUT2D eigenvalue weighted by molar-refractivity contribution is -0.137. The molecular formula is C12H13F3O. The Kier molecular flexibility index (Phi) is 2.31. The van der Waals surface area contributed by atoms with Gasteiger partial charge >= 0.3 is 6.18 Å². The van der Waals surface area contributed by atoms with Crippen LogP contribution in [-0.4, -0.2) is 5.11 Å². The molecule has 1 nitrogen and oxygen atoms in total. The molecule has 1 fully saturated rings. The van der Waals surface area contributed by atoms with Crippen LogP contribution in [0.5, 0.6) is 0 Å². The summed E-state index contributed by atoms with van der Waals surface area (Å²) in [5.41, 5.74) is 0.0692. The summed E-state index contributed by atoms with van der Waals surface area (Å²) in [6, 6.07) is 2.21. The van der Waals surface area contributed by atoms with Gasteiger partial charge < -0.3 is 5.11 Å². The fourth-order valence-corrected chi connectivity index (χ4v) is 1.89. The van der Waals surface area contributed by atoms with Crippen molar-refractivity contribution in [3.8, 4) is 0 Å². The van der Waals surface area contributed by atoms with Crippen molar-refractivity contribution < 1.29 is 18.3 Å². The van der Waals surface area contributed by atoms with Crippen LogP contribution in [0.1, 0.15) is 35.1 Å². The third-order valence-electron chi connectivity index (χ3n) is 3.22. The number of alkyl halides is 3. The summed E-state index contributed by atoms with van der Waals surface area (Å²) in [7, 11) is 0. The number of benzene rings is 1. The topological polar surface area (TPSA) is 20.2 Å². The highest BCUT2D eigenvalue weighted by atomic mass is 19.4. The maximum absolute atomic E-state index is 12.6. The van der Waals surface area contributed by atoms with E-state index in [2.05, 4.69) is 0 Å². The van der Waals surface area contributed by atoms with Gasteiger partial charge in [0, 0.05) is 0 Å². The molecule has 1 aromatic rings.